The predicted molar refractivity (Wildman–Crippen MR) is 228 cm³/mol. The van der Waals surface area contributed by atoms with Crippen molar-refractivity contribution in [2.45, 2.75) is 101 Å². The van der Waals surface area contributed by atoms with Crippen LogP contribution in [0, 0.1) is 16.7 Å². The lowest BCUT2D eigenvalue weighted by molar-refractivity contribution is -0.345. The van der Waals surface area contributed by atoms with E-state index in [1.54, 1.807) is 66.7 Å². The molecule has 2 bridgehead atoms. The molecule has 3 aliphatic carbocycles. The van der Waals surface area contributed by atoms with Crippen molar-refractivity contribution >= 4 is 41.7 Å². The number of benzene rings is 3. The van der Waals surface area contributed by atoms with Crippen molar-refractivity contribution in [3.8, 4) is 0 Å². The van der Waals surface area contributed by atoms with Crippen molar-refractivity contribution in [1.82, 2.24) is 10.6 Å². The van der Waals surface area contributed by atoms with Gasteiger partial charge in [-0.25, -0.2) is 14.4 Å². The first-order valence-electron chi connectivity index (χ1n) is 21.4. The van der Waals surface area contributed by atoms with Gasteiger partial charge in [0.1, 0.15) is 30.5 Å². The fourth-order valence-corrected chi connectivity index (χ4v) is 10.3. The Morgan fingerprint density at radius 3 is 2.02 bits per heavy atom. The molecule has 11 atom stereocenters. The zero-order chi connectivity index (χ0) is 47.9. The molecule has 1 saturated heterocycles. The van der Waals surface area contributed by atoms with Crippen molar-refractivity contribution in [1.29, 1.82) is 0 Å². The zero-order valence-corrected chi connectivity index (χ0v) is 36.8. The van der Waals surface area contributed by atoms with Crippen LogP contribution in [0.5, 0.6) is 0 Å². The number of hydrogen-bond acceptors (Lipinski definition) is 15. The van der Waals surface area contributed by atoms with Gasteiger partial charge in [0.25, 0.3) is 5.91 Å². The number of carboxylic acid groups (broad SMARTS) is 1. The third-order valence-electron chi connectivity index (χ3n) is 13.8. The molecule has 2 saturated carbocycles. The summed E-state index contributed by atoms with van der Waals surface area (Å²) in [7, 11) is 0. The molecule has 7 rings (SSSR count). The van der Waals surface area contributed by atoms with E-state index in [1.165, 1.54) is 52.0 Å². The van der Waals surface area contributed by atoms with Gasteiger partial charge in [-0.3, -0.25) is 19.2 Å². The normalized spacial score (nSPS) is 30.5. The highest BCUT2D eigenvalue weighted by Gasteiger charge is 2.78. The zero-order valence-electron chi connectivity index (χ0n) is 36.8. The fraction of sp³-hybridized carbons (Fsp3) is 0.438. The predicted octanol–water partition coefficient (Wildman–Crippen LogP) is 2.98. The molecule has 3 fully saturated rings. The molecule has 0 aromatic heterocycles. The Kier molecular flexibility index (Phi) is 13.0. The molecule has 2 amide bonds. The molecule has 3 aromatic rings. The van der Waals surface area contributed by atoms with E-state index in [0.717, 1.165) is 6.92 Å². The second kappa shape index (κ2) is 18.1. The van der Waals surface area contributed by atoms with E-state index in [9.17, 15) is 49.2 Å². The van der Waals surface area contributed by atoms with Gasteiger partial charge in [0.15, 0.2) is 23.6 Å². The summed E-state index contributed by atoms with van der Waals surface area (Å²) in [6.45, 7) is 5.48. The average molecular weight is 913 g/mol. The summed E-state index contributed by atoms with van der Waals surface area (Å²) in [6, 6.07) is 22.4. The van der Waals surface area contributed by atoms with E-state index in [-0.39, 0.29) is 35.3 Å². The van der Waals surface area contributed by atoms with Crippen LogP contribution < -0.4 is 10.6 Å². The number of amides is 2. The van der Waals surface area contributed by atoms with Crippen LogP contribution in [0.3, 0.4) is 0 Å². The number of hydrogen-bond donors (Lipinski definition) is 6. The maximum Gasteiger partial charge on any atom is 0.408 e. The molecule has 18 heteroatoms. The number of carbonyl (C=O) groups is 7. The van der Waals surface area contributed by atoms with Crippen LogP contribution in [0.25, 0.3) is 0 Å². The Balaban J connectivity index is 1.40. The van der Waals surface area contributed by atoms with Gasteiger partial charge < -0.3 is 54.7 Å². The lowest BCUT2D eigenvalue weighted by Gasteiger charge is -2.67. The molecule has 2 unspecified atom stereocenters. The first kappa shape index (κ1) is 47.5. The molecule has 0 spiro atoms. The second-order valence-electron chi connectivity index (χ2n) is 17.9. The number of fused-ring (bicyclic) bond motifs is 5. The number of nitrogens with one attached hydrogen (secondary N) is 2. The van der Waals surface area contributed by atoms with Crippen LogP contribution in [-0.4, -0.2) is 123 Å². The van der Waals surface area contributed by atoms with Crippen LogP contribution in [0.4, 0.5) is 4.79 Å². The van der Waals surface area contributed by atoms with E-state index < -0.39 is 125 Å². The van der Waals surface area contributed by atoms with Gasteiger partial charge in [0, 0.05) is 30.7 Å². The molecule has 3 aromatic carbocycles. The number of alkyl carbamates (subject to hydrolysis) is 1. The largest absolute Gasteiger partial charge is 0.480 e. The van der Waals surface area contributed by atoms with Gasteiger partial charge in [-0.05, 0) is 54.8 Å². The summed E-state index contributed by atoms with van der Waals surface area (Å²) < 4.78 is 30.2. The SMILES string of the molecule is CC(=O)O[C@@]12CO[C@@H]1C[C@H](O)[C@@]1(C)C(=O)[C@H](OC(=O)NCC(=O)O)C3=C(C)[C@@H](OC(=O)[C@H](O)C(NC(=O)c4ccccc4)c4ccccc4)C[C@@](O)([C@@H](OC(=O)c4ccccc4)C12)C3(C)C. The van der Waals surface area contributed by atoms with Crippen molar-refractivity contribution < 1.29 is 77.7 Å². The Morgan fingerprint density at radius 2 is 1.45 bits per heavy atom. The minimum absolute atomic E-state index is 0.0166. The maximum absolute atomic E-state index is 15.7. The molecule has 0 radical (unpaired) electrons. The number of ketones is 1. The number of aliphatic hydroxyl groups is 3. The van der Waals surface area contributed by atoms with Crippen molar-refractivity contribution in [2.24, 2.45) is 16.7 Å². The van der Waals surface area contributed by atoms with Crippen LogP contribution in [0.2, 0.25) is 0 Å². The first-order valence-corrected chi connectivity index (χ1v) is 21.4. The second-order valence-corrected chi connectivity index (χ2v) is 17.9. The molecule has 18 nitrogen and oxygen atoms in total. The number of rotatable bonds is 12. The summed E-state index contributed by atoms with van der Waals surface area (Å²) in [4.78, 5) is 96.0. The first-order chi connectivity index (χ1) is 31.2. The van der Waals surface area contributed by atoms with Gasteiger partial charge in [0.2, 0.25) is 0 Å². The lowest BCUT2D eigenvalue weighted by atomic mass is 9.44. The van der Waals surface area contributed by atoms with Crippen molar-refractivity contribution in [3.63, 3.8) is 0 Å². The molecular weight excluding hydrogens is 861 g/mol. The molecule has 6 N–H and O–H groups in total. The topological polar surface area (TPSA) is 271 Å². The Bertz CT molecular complexity index is 2430. The van der Waals surface area contributed by atoms with E-state index in [0.29, 0.717) is 5.56 Å². The average Bonchev–Trinajstić information content (AvgIpc) is 3.28. The van der Waals surface area contributed by atoms with Gasteiger partial charge in [0.05, 0.1) is 35.6 Å². The number of carbonyl (C=O) groups excluding carboxylic acids is 6. The summed E-state index contributed by atoms with van der Waals surface area (Å²) in [5, 5.41) is 51.8. The smallest absolute Gasteiger partial charge is 0.408 e. The molecule has 350 valence electrons. The number of carboxylic acids is 1. The lowest BCUT2D eigenvalue weighted by Crippen LogP contribution is -2.82. The molecular formula is C48H52N2O16. The van der Waals surface area contributed by atoms with E-state index in [2.05, 4.69) is 10.6 Å². The molecule has 1 aliphatic heterocycles. The molecule has 66 heavy (non-hydrogen) atoms. The summed E-state index contributed by atoms with van der Waals surface area (Å²) in [5.41, 5.74) is -7.98. The highest BCUT2D eigenvalue weighted by molar-refractivity contribution is 5.96. The van der Waals surface area contributed by atoms with E-state index in [4.69, 9.17) is 23.7 Å². The van der Waals surface area contributed by atoms with Gasteiger partial charge in [-0.2, -0.15) is 0 Å². The highest BCUT2D eigenvalue weighted by Crippen LogP contribution is 2.64. The Hall–Kier alpha value is -6.47. The van der Waals surface area contributed by atoms with Crippen molar-refractivity contribution in [3.05, 3.63) is 119 Å². The molecule has 1 heterocycles. The summed E-state index contributed by atoms with van der Waals surface area (Å²) >= 11 is 0. The number of aliphatic hydroxyl groups excluding tert-OH is 2. The summed E-state index contributed by atoms with van der Waals surface area (Å²) in [6.07, 6.45) is -12.8. The number of esters is 3. The minimum atomic E-state index is -2.52. The quantitative estimate of drug-likeness (QED) is 0.0866. The molecule has 4 aliphatic rings. The third-order valence-corrected chi connectivity index (χ3v) is 13.8. The van der Waals surface area contributed by atoms with Crippen LogP contribution in [0.1, 0.15) is 79.8 Å². The van der Waals surface area contributed by atoms with Crippen LogP contribution in [0.15, 0.2) is 102 Å². The summed E-state index contributed by atoms with van der Waals surface area (Å²) in [5.74, 6) is -7.92. The van der Waals surface area contributed by atoms with Crippen molar-refractivity contribution in [2.75, 3.05) is 13.2 Å². The van der Waals surface area contributed by atoms with E-state index in [1.807, 2.05) is 0 Å². The highest BCUT2D eigenvalue weighted by atomic mass is 16.6. The van der Waals surface area contributed by atoms with Gasteiger partial charge in [-0.1, -0.05) is 80.6 Å². The van der Waals surface area contributed by atoms with Crippen LogP contribution in [-0.2, 0) is 42.9 Å². The minimum Gasteiger partial charge on any atom is -0.480 e. The van der Waals surface area contributed by atoms with Gasteiger partial charge >= 0.3 is 30.0 Å². The third kappa shape index (κ3) is 8.22. The number of ether oxygens (including phenoxy) is 5. The Labute approximate surface area is 379 Å². The van der Waals surface area contributed by atoms with Crippen LogP contribution >= 0.6 is 0 Å². The standard InChI is InChI=1S/C48H52N2O16/c1-25-30(63-43(59)36(55)35(27-15-9-6-10-16-27)50-41(57)28-17-11-7-12-18-28)22-48(61)40(65-42(58)29-19-13-8-14-20-29)38-46(5,31(52)21-32-47(38,24-62-32)66-26(2)51)39(56)37(34(25)45(48,3)4)64-44(60)49-23-33(53)54/h6-20,30-32,35-38,40,52,55,61H,21-24H2,1-5H3,(H,49,60)(H,50,57)(H,53,54)/t30-,31-,32+,35?,36+,37+,38?,40-,46+,47-,48+/m0/s1. The maximum atomic E-state index is 15.7. The van der Waals surface area contributed by atoms with E-state index >= 15 is 4.79 Å². The number of aliphatic carboxylic acids is 1. The Morgan fingerprint density at radius 1 is 0.864 bits per heavy atom. The number of Topliss-reactive ketones (excluding diaryl/α,β-unsaturated/α-hetero) is 1. The monoisotopic (exact) mass is 912 g/mol. The fourth-order valence-electron chi connectivity index (χ4n) is 10.3. The van der Waals surface area contributed by atoms with Gasteiger partial charge in [-0.15, -0.1) is 0 Å².